The summed E-state index contributed by atoms with van der Waals surface area (Å²) in [6, 6.07) is 8.90. The Balaban J connectivity index is 2.08. The molecule has 0 saturated carbocycles. The van der Waals surface area contributed by atoms with E-state index in [2.05, 4.69) is 50.4 Å². The predicted molar refractivity (Wildman–Crippen MR) is 82.2 cm³/mol. The van der Waals surface area contributed by atoms with Crippen LogP contribution in [0.5, 0.6) is 5.75 Å². The van der Waals surface area contributed by atoms with Gasteiger partial charge in [0.15, 0.2) is 0 Å². The molecule has 0 amide bonds. The monoisotopic (exact) mass is 277 g/mol. The second kappa shape index (κ2) is 7.65. The highest BCUT2D eigenvalue weighted by molar-refractivity contribution is 5.30. The molecule has 1 N–H and O–H groups in total. The van der Waals surface area contributed by atoms with Crippen LogP contribution in [0, 0.1) is 5.92 Å². The normalized spacial score (nSPS) is 23.8. The largest absolute Gasteiger partial charge is 0.494 e. The maximum Gasteiger partial charge on any atom is 0.119 e. The second-order valence-electron chi connectivity index (χ2n) is 5.48. The smallest absolute Gasteiger partial charge is 0.119 e. The average molecular weight is 277 g/mol. The third-order valence-corrected chi connectivity index (χ3v) is 4.00. The molecular weight excluding hydrogens is 250 g/mol. The van der Waals surface area contributed by atoms with E-state index < -0.39 is 0 Å². The molecular formula is C17H27NO2. The van der Waals surface area contributed by atoms with E-state index in [1.54, 1.807) is 0 Å². The van der Waals surface area contributed by atoms with E-state index in [0.717, 1.165) is 38.3 Å². The van der Waals surface area contributed by atoms with Gasteiger partial charge in [0.25, 0.3) is 0 Å². The van der Waals surface area contributed by atoms with Crippen molar-refractivity contribution in [1.29, 1.82) is 0 Å². The summed E-state index contributed by atoms with van der Waals surface area (Å²) in [4.78, 5) is 0. The minimum atomic E-state index is 0.329. The van der Waals surface area contributed by atoms with Crippen LogP contribution in [0.25, 0.3) is 0 Å². The molecule has 3 nitrogen and oxygen atoms in total. The molecule has 0 aromatic heterocycles. The number of ether oxygens (including phenoxy) is 2. The summed E-state index contributed by atoms with van der Waals surface area (Å²) >= 11 is 0. The summed E-state index contributed by atoms with van der Waals surface area (Å²) in [5.74, 6) is 1.51. The van der Waals surface area contributed by atoms with Crippen molar-refractivity contribution in [3.8, 4) is 5.75 Å². The first-order valence-electron chi connectivity index (χ1n) is 7.84. The first kappa shape index (κ1) is 15.3. The van der Waals surface area contributed by atoms with Gasteiger partial charge in [-0.15, -0.1) is 0 Å². The Morgan fingerprint density at radius 3 is 2.60 bits per heavy atom. The van der Waals surface area contributed by atoms with Crippen molar-refractivity contribution < 1.29 is 9.47 Å². The van der Waals surface area contributed by atoms with Crippen LogP contribution in [0.2, 0.25) is 0 Å². The Bertz CT molecular complexity index is 390. The molecule has 1 heterocycles. The highest BCUT2D eigenvalue weighted by Crippen LogP contribution is 2.33. The zero-order valence-corrected chi connectivity index (χ0v) is 12.9. The fraction of sp³-hybridized carbons (Fsp3) is 0.647. The predicted octanol–water partition coefficient (Wildman–Crippen LogP) is 3.55. The summed E-state index contributed by atoms with van der Waals surface area (Å²) in [5, 5.41) is 3.61. The lowest BCUT2D eigenvalue weighted by molar-refractivity contribution is 0.0956. The topological polar surface area (TPSA) is 30.5 Å². The summed E-state index contributed by atoms with van der Waals surface area (Å²) in [7, 11) is 0. The summed E-state index contributed by atoms with van der Waals surface area (Å²) < 4.78 is 11.4. The maximum absolute atomic E-state index is 5.73. The Labute approximate surface area is 122 Å². The third kappa shape index (κ3) is 3.74. The zero-order valence-electron chi connectivity index (χ0n) is 12.9. The molecule has 1 aromatic rings. The number of hydrogen-bond donors (Lipinski definition) is 1. The van der Waals surface area contributed by atoms with Crippen LogP contribution in [0.1, 0.15) is 45.2 Å². The van der Waals surface area contributed by atoms with Gasteiger partial charge in [-0.2, -0.15) is 0 Å². The minimum Gasteiger partial charge on any atom is -0.494 e. The Morgan fingerprint density at radius 1 is 1.30 bits per heavy atom. The SMILES string of the molecule is CCCOc1ccc(C(NCC)C2CCOC2C)cc1. The molecule has 1 fully saturated rings. The number of hydrogen-bond acceptors (Lipinski definition) is 3. The highest BCUT2D eigenvalue weighted by atomic mass is 16.5. The van der Waals surface area contributed by atoms with Crippen LogP contribution in [0.15, 0.2) is 24.3 Å². The molecule has 1 aliphatic rings. The lowest BCUT2D eigenvalue weighted by Crippen LogP contribution is -2.31. The Morgan fingerprint density at radius 2 is 2.05 bits per heavy atom. The van der Waals surface area contributed by atoms with E-state index in [0.29, 0.717) is 18.1 Å². The summed E-state index contributed by atoms with van der Waals surface area (Å²) in [6.45, 7) is 9.10. The standard InChI is InChI=1S/C17H27NO2/c1-4-11-20-15-8-6-14(7-9-15)17(18-5-2)16-10-12-19-13(16)3/h6-9,13,16-18H,4-5,10-12H2,1-3H3. The molecule has 0 bridgehead atoms. The Hall–Kier alpha value is -1.06. The molecule has 1 aliphatic heterocycles. The highest BCUT2D eigenvalue weighted by Gasteiger charge is 2.32. The van der Waals surface area contributed by atoms with Crippen LogP contribution in [0.4, 0.5) is 0 Å². The number of nitrogens with one attached hydrogen (secondary N) is 1. The van der Waals surface area contributed by atoms with Crippen molar-refractivity contribution >= 4 is 0 Å². The van der Waals surface area contributed by atoms with Gasteiger partial charge in [0, 0.05) is 18.6 Å². The van der Waals surface area contributed by atoms with E-state index in [4.69, 9.17) is 9.47 Å². The fourth-order valence-corrected chi connectivity index (χ4v) is 2.91. The molecule has 20 heavy (non-hydrogen) atoms. The fourth-order valence-electron chi connectivity index (χ4n) is 2.91. The van der Waals surface area contributed by atoms with Crippen LogP contribution >= 0.6 is 0 Å². The van der Waals surface area contributed by atoms with Crippen molar-refractivity contribution in [2.45, 2.75) is 45.8 Å². The molecule has 2 rings (SSSR count). The van der Waals surface area contributed by atoms with Gasteiger partial charge < -0.3 is 14.8 Å². The maximum atomic E-state index is 5.73. The second-order valence-corrected chi connectivity index (χ2v) is 5.48. The Kier molecular flexibility index (Phi) is 5.86. The van der Waals surface area contributed by atoms with Crippen molar-refractivity contribution in [2.75, 3.05) is 19.8 Å². The van der Waals surface area contributed by atoms with Gasteiger partial charge in [-0.3, -0.25) is 0 Å². The molecule has 3 unspecified atom stereocenters. The quantitative estimate of drug-likeness (QED) is 0.826. The van der Waals surface area contributed by atoms with Crippen molar-refractivity contribution in [1.82, 2.24) is 5.32 Å². The first-order chi connectivity index (χ1) is 9.76. The lowest BCUT2D eigenvalue weighted by atomic mass is 9.88. The third-order valence-electron chi connectivity index (χ3n) is 4.00. The van der Waals surface area contributed by atoms with Crippen LogP contribution in [0.3, 0.4) is 0 Å². The lowest BCUT2D eigenvalue weighted by Gasteiger charge is -2.27. The van der Waals surface area contributed by atoms with E-state index >= 15 is 0 Å². The van der Waals surface area contributed by atoms with E-state index in [9.17, 15) is 0 Å². The van der Waals surface area contributed by atoms with Crippen molar-refractivity contribution in [3.63, 3.8) is 0 Å². The molecule has 3 atom stereocenters. The van der Waals surface area contributed by atoms with Crippen LogP contribution in [-0.4, -0.2) is 25.9 Å². The number of benzene rings is 1. The van der Waals surface area contributed by atoms with Crippen molar-refractivity contribution in [3.05, 3.63) is 29.8 Å². The molecule has 1 saturated heterocycles. The van der Waals surface area contributed by atoms with E-state index in [1.165, 1.54) is 5.56 Å². The molecule has 1 aromatic carbocycles. The molecule has 3 heteroatoms. The average Bonchev–Trinajstić information content (AvgIpc) is 2.89. The van der Waals surface area contributed by atoms with Crippen LogP contribution in [-0.2, 0) is 4.74 Å². The van der Waals surface area contributed by atoms with Gasteiger partial charge in [-0.05, 0) is 44.0 Å². The van der Waals surface area contributed by atoms with Gasteiger partial charge in [-0.1, -0.05) is 26.0 Å². The number of rotatable bonds is 7. The van der Waals surface area contributed by atoms with Gasteiger partial charge in [0.2, 0.25) is 0 Å². The first-order valence-corrected chi connectivity index (χ1v) is 7.84. The van der Waals surface area contributed by atoms with Crippen molar-refractivity contribution in [2.24, 2.45) is 5.92 Å². The van der Waals surface area contributed by atoms with E-state index in [1.807, 2.05) is 0 Å². The van der Waals surface area contributed by atoms with Gasteiger partial charge in [-0.25, -0.2) is 0 Å². The molecule has 0 aliphatic carbocycles. The zero-order chi connectivity index (χ0) is 14.4. The van der Waals surface area contributed by atoms with Gasteiger partial charge in [0.05, 0.1) is 12.7 Å². The van der Waals surface area contributed by atoms with Gasteiger partial charge >= 0.3 is 0 Å². The van der Waals surface area contributed by atoms with E-state index in [-0.39, 0.29) is 0 Å². The minimum absolute atomic E-state index is 0.329. The molecule has 0 radical (unpaired) electrons. The van der Waals surface area contributed by atoms with Gasteiger partial charge in [0.1, 0.15) is 5.75 Å². The van der Waals surface area contributed by atoms with Crippen LogP contribution < -0.4 is 10.1 Å². The molecule has 112 valence electrons. The summed E-state index contributed by atoms with van der Waals surface area (Å²) in [6.07, 6.45) is 2.50. The molecule has 0 spiro atoms. The summed E-state index contributed by atoms with van der Waals surface area (Å²) in [5.41, 5.74) is 1.33.